The summed E-state index contributed by atoms with van der Waals surface area (Å²) in [5.74, 6) is 1.98. The molecule has 1 fully saturated rings. The topological polar surface area (TPSA) is 74.2 Å². The van der Waals surface area contributed by atoms with Gasteiger partial charge < -0.3 is 28.8 Å². The molecule has 0 aliphatic carbocycles. The SMILES string of the molecule is O=C(NCc1ccc(Cl)cc1)c1cn2c3c(cc(CN4CCOCC4)cc3c1=S)OC(c1ccc3c(c1)OCCO3)C2. The Labute approximate surface area is 253 Å². The van der Waals surface area contributed by atoms with Crippen molar-refractivity contribution in [2.24, 2.45) is 0 Å². The van der Waals surface area contributed by atoms with Crippen LogP contribution < -0.4 is 19.5 Å². The van der Waals surface area contributed by atoms with Crippen molar-refractivity contribution in [3.8, 4) is 17.2 Å². The number of hydrogen-bond acceptors (Lipinski definition) is 7. The third kappa shape index (κ3) is 5.45. The largest absolute Gasteiger partial charge is 0.486 e. The highest BCUT2D eigenvalue weighted by molar-refractivity contribution is 7.71. The van der Waals surface area contributed by atoms with Gasteiger partial charge in [0, 0.05) is 42.8 Å². The molecule has 0 radical (unpaired) electrons. The summed E-state index contributed by atoms with van der Waals surface area (Å²) in [6.07, 6.45) is 1.57. The molecule has 4 aromatic rings. The molecular formula is C32H30ClN3O5S. The van der Waals surface area contributed by atoms with Crippen LogP contribution in [-0.4, -0.2) is 54.9 Å². The predicted octanol–water partition coefficient (Wildman–Crippen LogP) is 5.69. The quantitative estimate of drug-likeness (QED) is 0.284. The zero-order chi connectivity index (χ0) is 28.6. The summed E-state index contributed by atoms with van der Waals surface area (Å²) in [5.41, 5.74) is 4.37. The van der Waals surface area contributed by atoms with Crippen LogP contribution in [0.4, 0.5) is 0 Å². The van der Waals surface area contributed by atoms with Gasteiger partial charge >= 0.3 is 0 Å². The Morgan fingerprint density at radius 3 is 2.52 bits per heavy atom. The number of pyridine rings is 1. The van der Waals surface area contributed by atoms with E-state index in [1.807, 2.05) is 48.7 Å². The van der Waals surface area contributed by atoms with E-state index in [1.165, 1.54) is 0 Å². The van der Waals surface area contributed by atoms with Crippen LogP contribution in [0.25, 0.3) is 10.9 Å². The molecule has 1 aromatic heterocycles. The van der Waals surface area contributed by atoms with Gasteiger partial charge in [-0.1, -0.05) is 42.0 Å². The van der Waals surface area contributed by atoms with Gasteiger partial charge in [-0.3, -0.25) is 9.69 Å². The molecule has 4 heterocycles. The van der Waals surface area contributed by atoms with Gasteiger partial charge in [0.1, 0.15) is 25.1 Å². The summed E-state index contributed by atoms with van der Waals surface area (Å²) in [5, 5.41) is 4.53. The van der Waals surface area contributed by atoms with Gasteiger partial charge in [0.25, 0.3) is 5.91 Å². The first-order valence-electron chi connectivity index (χ1n) is 14.1. The molecule has 0 bridgehead atoms. The van der Waals surface area contributed by atoms with E-state index in [9.17, 15) is 4.79 Å². The third-order valence-electron chi connectivity index (χ3n) is 7.89. The van der Waals surface area contributed by atoms with Crippen LogP contribution in [0.2, 0.25) is 5.02 Å². The molecule has 3 aliphatic heterocycles. The molecule has 216 valence electrons. The standard InChI is InChI=1S/C32H30ClN3O5S/c33-23-4-1-20(2-5-23)16-34-32(37)25-18-36-19-29(22-3-6-26-27(15-22)40-12-11-39-26)41-28-14-21(13-24(30(28)36)31(25)42)17-35-7-9-38-10-8-35/h1-6,13-15,18,29H,7-12,16-17,19H2,(H,34,37). The van der Waals surface area contributed by atoms with Crippen LogP contribution in [0.15, 0.2) is 60.8 Å². The number of nitrogens with zero attached hydrogens (tertiary/aromatic N) is 2. The van der Waals surface area contributed by atoms with E-state index in [1.54, 1.807) is 0 Å². The van der Waals surface area contributed by atoms with Gasteiger partial charge in [-0.2, -0.15) is 0 Å². The van der Waals surface area contributed by atoms with Crippen LogP contribution in [0.1, 0.15) is 33.2 Å². The average Bonchev–Trinajstić information content (AvgIpc) is 3.02. The molecule has 0 saturated carbocycles. The van der Waals surface area contributed by atoms with E-state index in [0.29, 0.717) is 60.4 Å². The number of rotatable bonds is 6. The van der Waals surface area contributed by atoms with Crippen molar-refractivity contribution in [1.82, 2.24) is 14.8 Å². The van der Waals surface area contributed by atoms with Crippen molar-refractivity contribution >= 4 is 40.6 Å². The maximum absolute atomic E-state index is 13.5. The second-order valence-corrected chi connectivity index (χ2v) is 11.6. The van der Waals surface area contributed by atoms with E-state index in [4.69, 9.17) is 42.8 Å². The Morgan fingerprint density at radius 2 is 1.71 bits per heavy atom. The smallest absolute Gasteiger partial charge is 0.254 e. The van der Waals surface area contributed by atoms with Crippen molar-refractivity contribution in [1.29, 1.82) is 0 Å². The molecule has 1 N–H and O–H groups in total. The van der Waals surface area contributed by atoms with Gasteiger partial charge in [0.15, 0.2) is 11.5 Å². The predicted molar refractivity (Wildman–Crippen MR) is 162 cm³/mol. The second-order valence-electron chi connectivity index (χ2n) is 10.7. The molecule has 10 heteroatoms. The van der Waals surface area contributed by atoms with Crippen molar-refractivity contribution in [2.45, 2.75) is 25.7 Å². The number of aromatic nitrogens is 1. The number of morpholine rings is 1. The molecule has 1 unspecified atom stereocenters. The maximum Gasteiger partial charge on any atom is 0.254 e. The molecule has 0 spiro atoms. The number of nitrogens with one attached hydrogen (secondary N) is 1. The fourth-order valence-corrected chi connectivity index (χ4v) is 6.17. The van der Waals surface area contributed by atoms with E-state index in [0.717, 1.165) is 58.7 Å². The van der Waals surface area contributed by atoms with Gasteiger partial charge in [-0.05, 0) is 53.1 Å². The first kappa shape index (κ1) is 27.2. The first-order valence-corrected chi connectivity index (χ1v) is 14.9. The number of ether oxygens (including phenoxy) is 4. The summed E-state index contributed by atoms with van der Waals surface area (Å²) in [7, 11) is 0. The van der Waals surface area contributed by atoms with Crippen LogP contribution >= 0.6 is 23.8 Å². The Balaban J connectivity index is 1.26. The fourth-order valence-electron chi connectivity index (χ4n) is 5.75. The molecule has 1 amide bonds. The lowest BCUT2D eigenvalue weighted by Gasteiger charge is -2.31. The molecule has 7 rings (SSSR count). The monoisotopic (exact) mass is 603 g/mol. The zero-order valence-corrected chi connectivity index (χ0v) is 24.5. The van der Waals surface area contributed by atoms with Crippen molar-refractivity contribution in [2.75, 3.05) is 39.5 Å². The molecule has 3 aliphatic rings. The number of fused-ring (bicyclic) bond motifs is 1. The van der Waals surface area contributed by atoms with Crippen LogP contribution in [0.3, 0.4) is 0 Å². The normalized spacial score (nSPS) is 18.0. The highest BCUT2D eigenvalue weighted by Gasteiger charge is 2.27. The lowest BCUT2D eigenvalue weighted by Crippen LogP contribution is -2.35. The highest BCUT2D eigenvalue weighted by Crippen LogP contribution is 2.40. The number of carbonyl (C=O) groups is 1. The number of benzene rings is 3. The minimum Gasteiger partial charge on any atom is -0.486 e. The molecule has 42 heavy (non-hydrogen) atoms. The summed E-state index contributed by atoms with van der Waals surface area (Å²) < 4.78 is 26.4. The Bertz CT molecular complexity index is 1720. The Morgan fingerprint density at radius 1 is 0.929 bits per heavy atom. The van der Waals surface area contributed by atoms with Crippen molar-refractivity contribution in [3.05, 3.63) is 92.6 Å². The van der Waals surface area contributed by atoms with E-state index < -0.39 is 0 Å². The molecule has 1 atom stereocenters. The third-order valence-corrected chi connectivity index (χ3v) is 8.58. The van der Waals surface area contributed by atoms with E-state index in [2.05, 4.69) is 26.9 Å². The zero-order valence-electron chi connectivity index (χ0n) is 22.9. The molecule has 1 saturated heterocycles. The molecule has 8 nitrogen and oxygen atoms in total. The lowest BCUT2D eigenvalue weighted by molar-refractivity contribution is 0.0341. The first-order chi connectivity index (χ1) is 20.5. The van der Waals surface area contributed by atoms with Crippen LogP contribution in [0, 0.1) is 4.51 Å². The van der Waals surface area contributed by atoms with Crippen LogP contribution in [0.5, 0.6) is 17.2 Å². The second kappa shape index (κ2) is 11.6. The van der Waals surface area contributed by atoms with Crippen LogP contribution in [-0.2, 0) is 24.4 Å². The maximum atomic E-state index is 13.5. The number of carbonyl (C=O) groups excluding carboxylic acids is 1. The van der Waals surface area contributed by atoms with Crippen molar-refractivity contribution in [3.63, 3.8) is 0 Å². The highest BCUT2D eigenvalue weighted by atomic mass is 35.5. The summed E-state index contributed by atoms with van der Waals surface area (Å²) in [4.78, 5) is 15.9. The number of amides is 1. The minimum absolute atomic E-state index is 0.219. The van der Waals surface area contributed by atoms with Gasteiger partial charge in [-0.15, -0.1) is 0 Å². The van der Waals surface area contributed by atoms with E-state index >= 15 is 0 Å². The summed E-state index contributed by atoms with van der Waals surface area (Å²) in [6, 6.07) is 17.6. The van der Waals surface area contributed by atoms with Crippen molar-refractivity contribution < 1.29 is 23.7 Å². The summed E-state index contributed by atoms with van der Waals surface area (Å²) >= 11 is 12.0. The van der Waals surface area contributed by atoms with Gasteiger partial charge in [0.2, 0.25) is 0 Å². The van der Waals surface area contributed by atoms with Gasteiger partial charge in [-0.25, -0.2) is 0 Å². The van der Waals surface area contributed by atoms with E-state index in [-0.39, 0.29) is 12.0 Å². The minimum atomic E-state index is -0.291. The van der Waals surface area contributed by atoms with Gasteiger partial charge in [0.05, 0.1) is 35.3 Å². The Hall–Kier alpha value is -3.63. The lowest BCUT2D eigenvalue weighted by atomic mass is 10.0. The molecular weight excluding hydrogens is 574 g/mol. The Kier molecular flexibility index (Phi) is 7.50. The summed E-state index contributed by atoms with van der Waals surface area (Å²) in [6.45, 7) is 5.83. The number of hydrogen-bond donors (Lipinski definition) is 1. The fraction of sp³-hybridized carbons (Fsp3) is 0.312. The average molecular weight is 604 g/mol. The number of halogens is 1. The molecule has 3 aromatic carbocycles.